The van der Waals surface area contributed by atoms with Crippen molar-refractivity contribution in [3.63, 3.8) is 0 Å². The molecule has 8 heteroatoms. The molecule has 1 aliphatic rings. The molecule has 186 valence electrons. The summed E-state index contributed by atoms with van der Waals surface area (Å²) in [6, 6.07) is 20.3. The van der Waals surface area contributed by atoms with Gasteiger partial charge in [0.15, 0.2) is 0 Å². The third-order valence-electron chi connectivity index (χ3n) is 6.72. The molecule has 0 saturated carbocycles. The van der Waals surface area contributed by atoms with Gasteiger partial charge in [0.25, 0.3) is 0 Å². The Morgan fingerprint density at radius 3 is 2.70 bits per heavy atom. The maximum Gasteiger partial charge on any atom is 0.213 e. The molecule has 6 rings (SSSR count). The summed E-state index contributed by atoms with van der Waals surface area (Å²) in [6.07, 6.45) is 5.02. The summed E-state index contributed by atoms with van der Waals surface area (Å²) in [6.45, 7) is 1.04. The number of ether oxygens (including phenoxy) is 1. The van der Waals surface area contributed by atoms with Crippen molar-refractivity contribution in [3.05, 3.63) is 90.4 Å². The third kappa shape index (κ3) is 4.68. The minimum absolute atomic E-state index is 0.0578. The molecule has 0 spiro atoms. The number of hydrogen-bond donors (Lipinski definition) is 1. The summed E-state index contributed by atoms with van der Waals surface area (Å²) >= 11 is 0. The van der Waals surface area contributed by atoms with Crippen LogP contribution in [0.1, 0.15) is 30.5 Å². The first-order valence-electron chi connectivity index (χ1n) is 12.6. The molecule has 0 radical (unpaired) electrons. The number of para-hydroxylation sites is 1. The predicted molar refractivity (Wildman–Crippen MR) is 141 cm³/mol. The average molecular weight is 495 g/mol. The molecule has 37 heavy (non-hydrogen) atoms. The largest absolute Gasteiger partial charge is 0.475 e. The second-order valence-electron chi connectivity index (χ2n) is 9.20. The Balaban J connectivity index is 1.37. The van der Waals surface area contributed by atoms with E-state index in [1.54, 1.807) is 18.3 Å². The molecule has 2 aromatic carbocycles. The van der Waals surface area contributed by atoms with Gasteiger partial charge in [-0.2, -0.15) is 0 Å². The lowest BCUT2D eigenvalue weighted by Gasteiger charge is -2.18. The highest BCUT2D eigenvalue weighted by atomic mass is 19.1. The van der Waals surface area contributed by atoms with Crippen molar-refractivity contribution in [2.24, 2.45) is 5.73 Å². The van der Waals surface area contributed by atoms with Gasteiger partial charge in [-0.3, -0.25) is 0 Å². The Morgan fingerprint density at radius 2 is 1.84 bits per heavy atom. The van der Waals surface area contributed by atoms with Crippen LogP contribution in [0.4, 0.5) is 4.39 Å². The highest BCUT2D eigenvalue weighted by Crippen LogP contribution is 2.39. The number of fused-ring (bicyclic) bond motifs is 2. The Kier molecular flexibility index (Phi) is 6.32. The molecule has 1 unspecified atom stereocenters. The first-order valence-corrected chi connectivity index (χ1v) is 12.6. The van der Waals surface area contributed by atoms with Gasteiger partial charge in [-0.15, -0.1) is 0 Å². The number of nitrogens with two attached hydrogens (primary N) is 1. The third-order valence-corrected chi connectivity index (χ3v) is 6.72. The van der Waals surface area contributed by atoms with Gasteiger partial charge in [0.05, 0.1) is 28.6 Å². The SMILES string of the molecule is NCCCc1nccc(-c2c(-c3ccc(F)cc3)nc3n2C(COc2ccc4ccccc4n2)CC3)n1. The summed E-state index contributed by atoms with van der Waals surface area (Å²) in [5.41, 5.74) is 9.92. The zero-order chi connectivity index (χ0) is 25.2. The van der Waals surface area contributed by atoms with E-state index in [1.807, 2.05) is 42.5 Å². The van der Waals surface area contributed by atoms with E-state index in [0.717, 1.165) is 64.5 Å². The molecule has 5 aromatic rings. The second kappa shape index (κ2) is 10.1. The topological polar surface area (TPSA) is 91.7 Å². The molecule has 0 saturated heterocycles. The summed E-state index contributed by atoms with van der Waals surface area (Å²) in [7, 11) is 0. The van der Waals surface area contributed by atoms with Gasteiger partial charge in [-0.05, 0) is 61.9 Å². The number of imidazole rings is 1. The molecule has 0 amide bonds. The van der Waals surface area contributed by atoms with Crippen LogP contribution in [0.15, 0.2) is 72.9 Å². The number of aryl methyl sites for hydroxylation is 2. The number of halogens is 1. The lowest BCUT2D eigenvalue weighted by atomic mass is 10.1. The Morgan fingerprint density at radius 1 is 0.973 bits per heavy atom. The molecule has 0 bridgehead atoms. The van der Waals surface area contributed by atoms with Crippen LogP contribution in [-0.4, -0.2) is 37.7 Å². The van der Waals surface area contributed by atoms with Crippen LogP contribution < -0.4 is 10.5 Å². The molecular weight excluding hydrogens is 467 g/mol. The minimum atomic E-state index is -0.280. The monoisotopic (exact) mass is 494 g/mol. The molecule has 1 aliphatic heterocycles. The Bertz CT molecular complexity index is 1550. The van der Waals surface area contributed by atoms with E-state index in [-0.39, 0.29) is 11.9 Å². The van der Waals surface area contributed by atoms with Gasteiger partial charge in [0.2, 0.25) is 5.88 Å². The number of pyridine rings is 1. The van der Waals surface area contributed by atoms with Gasteiger partial charge in [-0.25, -0.2) is 24.3 Å². The molecule has 2 N–H and O–H groups in total. The molecule has 3 aromatic heterocycles. The van der Waals surface area contributed by atoms with Crippen molar-refractivity contribution in [2.75, 3.05) is 13.2 Å². The van der Waals surface area contributed by atoms with Crippen LogP contribution in [0.3, 0.4) is 0 Å². The van der Waals surface area contributed by atoms with Crippen LogP contribution in [0.5, 0.6) is 5.88 Å². The molecule has 1 atom stereocenters. The van der Waals surface area contributed by atoms with E-state index in [2.05, 4.69) is 14.5 Å². The fourth-order valence-corrected chi connectivity index (χ4v) is 4.91. The highest BCUT2D eigenvalue weighted by molar-refractivity contribution is 5.79. The van der Waals surface area contributed by atoms with Crippen molar-refractivity contribution in [1.82, 2.24) is 24.5 Å². The lowest BCUT2D eigenvalue weighted by molar-refractivity contribution is 0.248. The van der Waals surface area contributed by atoms with Crippen molar-refractivity contribution in [2.45, 2.75) is 31.7 Å². The maximum atomic E-state index is 13.7. The number of aromatic nitrogens is 5. The van der Waals surface area contributed by atoms with Crippen molar-refractivity contribution in [3.8, 4) is 28.5 Å². The fourth-order valence-electron chi connectivity index (χ4n) is 4.91. The van der Waals surface area contributed by atoms with Crippen molar-refractivity contribution >= 4 is 10.9 Å². The van der Waals surface area contributed by atoms with Crippen molar-refractivity contribution in [1.29, 1.82) is 0 Å². The van der Waals surface area contributed by atoms with E-state index < -0.39 is 0 Å². The Hall–Kier alpha value is -4.17. The average Bonchev–Trinajstić information content (AvgIpc) is 3.51. The summed E-state index contributed by atoms with van der Waals surface area (Å²) in [5, 5.41) is 1.08. The molecule has 7 nitrogen and oxygen atoms in total. The predicted octanol–water partition coefficient (Wildman–Crippen LogP) is 5.15. The van der Waals surface area contributed by atoms with Crippen LogP contribution in [0.2, 0.25) is 0 Å². The number of rotatable bonds is 8. The standard InChI is InChI=1S/C29H27FN6O/c30-21-10-7-20(8-11-21)28-29(24-15-17-32-25(33-24)6-3-16-31)36-22(12-13-26(36)35-28)18-37-27-14-9-19-4-1-2-5-23(19)34-27/h1-2,4-5,7-11,14-15,17,22H,3,6,12-13,16,18,31H2. The van der Waals surface area contributed by atoms with E-state index >= 15 is 0 Å². The van der Waals surface area contributed by atoms with Crippen LogP contribution in [0, 0.1) is 5.82 Å². The second-order valence-corrected chi connectivity index (χ2v) is 9.20. The number of nitrogens with zero attached hydrogens (tertiary/aromatic N) is 5. The van der Waals surface area contributed by atoms with Gasteiger partial charge in [0, 0.05) is 36.1 Å². The maximum absolute atomic E-state index is 13.7. The smallest absolute Gasteiger partial charge is 0.213 e. The highest BCUT2D eigenvalue weighted by Gasteiger charge is 2.31. The zero-order valence-corrected chi connectivity index (χ0v) is 20.3. The molecular formula is C29H27FN6O. The number of benzene rings is 2. The lowest BCUT2D eigenvalue weighted by Crippen LogP contribution is -2.16. The minimum Gasteiger partial charge on any atom is -0.475 e. The Labute approximate surface area is 214 Å². The fraction of sp³-hybridized carbons (Fsp3) is 0.241. The summed E-state index contributed by atoms with van der Waals surface area (Å²) < 4.78 is 22.1. The van der Waals surface area contributed by atoms with E-state index in [4.69, 9.17) is 20.4 Å². The van der Waals surface area contributed by atoms with Gasteiger partial charge >= 0.3 is 0 Å². The van der Waals surface area contributed by atoms with Crippen molar-refractivity contribution < 1.29 is 9.13 Å². The quantitative estimate of drug-likeness (QED) is 0.321. The van der Waals surface area contributed by atoms with E-state index in [1.165, 1.54) is 12.1 Å². The van der Waals surface area contributed by atoms with E-state index in [0.29, 0.717) is 25.5 Å². The first-order chi connectivity index (χ1) is 18.2. The summed E-state index contributed by atoms with van der Waals surface area (Å²) in [4.78, 5) is 19.0. The van der Waals surface area contributed by atoms with Crippen LogP contribution in [0.25, 0.3) is 33.5 Å². The molecule has 0 fully saturated rings. The first kappa shape index (κ1) is 23.2. The molecule has 0 aliphatic carbocycles. The van der Waals surface area contributed by atoms with Gasteiger partial charge in [-0.1, -0.05) is 18.2 Å². The van der Waals surface area contributed by atoms with Gasteiger partial charge in [0.1, 0.15) is 24.1 Å². The van der Waals surface area contributed by atoms with Gasteiger partial charge < -0.3 is 15.0 Å². The summed E-state index contributed by atoms with van der Waals surface area (Å²) in [5.74, 6) is 2.03. The normalized spacial score (nSPS) is 14.7. The molecule has 4 heterocycles. The zero-order valence-electron chi connectivity index (χ0n) is 20.3. The number of hydrogen-bond acceptors (Lipinski definition) is 6. The van der Waals surface area contributed by atoms with Crippen LogP contribution in [-0.2, 0) is 12.8 Å². The van der Waals surface area contributed by atoms with E-state index in [9.17, 15) is 4.39 Å². The van der Waals surface area contributed by atoms with Crippen LogP contribution >= 0.6 is 0 Å².